The second-order valence-electron chi connectivity index (χ2n) is 5.07. The van der Waals surface area contributed by atoms with E-state index in [2.05, 4.69) is 29.6 Å². The number of carbonyl (C=O) groups excluding carboxylic acids is 1. The third-order valence-corrected chi connectivity index (χ3v) is 4.65. The molecular formula is C16H23NO2S. The summed E-state index contributed by atoms with van der Waals surface area (Å²) in [5, 5.41) is 3.39. The van der Waals surface area contributed by atoms with E-state index in [1.54, 1.807) is 11.8 Å². The summed E-state index contributed by atoms with van der Waals surface area (Å²) < 4.78 is 5.09. The van der Waals surface area contributed by atoms with E-state index in [1.165, 1.54) is 18.4 Å². The SMILES string of the molecule is CCOC(=O)C(CC)Sc1ccc(CNC2CC2)cc1. The van der Waals surface area contributed by atoms with Crippen LogP contribution in [0.4, 0.5) is 0 Å². The van der Waals surface area contributed by atoms with E-state index >= 15 is 0 Å². The summed E-state index contributed by atoms with van der Waals surface area (Å²) in [6.07, 6.45) is 3.41. The molecule has 1 aliphatic rings. The van der Waals surface area contributed by atoms with Crippen molar-refractivity contribution in [3.05, 3.63) is 29.8 Å². The van der Waals surface area contributed by atoms with Gasteiger partial charge in [0.1, 0.15) is 5.25 Å². The predicted octanol–water partition coefficient (Wildman–Crippen LogP) is 3.37. The second-order valence-corrected chi connectivity index (χ2v) is 6.34. The van der Waals surface area contributed by atoms with Gasteiger partial charge in [0.15, 0.2) is 0 Å². The van der Waals surface area contributed by atoms with Crippen LogP contribution in [-0.2, 0) is 16.1 Å². The molecular weight excluding hydrogens is 270 g/mol. The summed E-state index contributed by atoms with van der Waals surface area (Å²) in [5.41, 5.74) is 1.30. The van der Waals surface area contributed by atoms with Crippen LogP contribution in [0.1, 0.15) is 38.7 Å². The molecule has 2 rings (SSSR count). The topological polar surface area (TPSA) is 38.3 Å². The monoisotopic (exact) mass is 293 g/mol. The zero-order chi connectivity index (χ0) is 14.4. The van der Waals surface area contributed by atoms with Crippen LogP contribution in [0.2, 0.25) is 0 Å². The minimum absolute atomic E-state index is 0.106. The van der Waals surface area contributed by atoms with Gasteiger partial charge >= 0.3 is 5.97 Å². The van der Waals surface area contributed by atoms with Crippen molar-refractivity contribution in [1.29, 1.82) is 0 Å². The number of esters is 1. The van der Waals surface area contributed by atoms with Crippen molar-refractivity contribution in [1.82, 2.24) is 5.32 Å². The molecule has 1 unspecified atom stereocenters. The normalized spacial score (nSPS) is 15.9. The first-order valence-corrected chi connectivity index (χ1v) is 8.26. The average molecular weight is 293 g/mol. The molecule has 1 aromatic carbocycles. The lowest BCUT2D eigenvalue weighted by Gasteiger charge is -2.13. The highest BCUT2D eigenvalue weighted by atomic mass is 32.2. The smallest absolute Gasteiger partial charge is 0.319 e. The molecule has 0 spiro atoms. The molecule has 0 bridgehead atoms. The Morgan fingerprint density at radius 1 is 1.35 bits per heavy atom. The molecule has 1 aromatic rings. The van der Waals surface area contributed by atoms with Crippen molar-refractivity contribution >= 4 is 17.7 Å². The van der Waals surface area contributed by atoms with Crippen LogP contribution in [0.15, 0.2) is 29.2 Å². The maximum atomic E-state index is 11.8. The van der Waals surface area contributed by atoms with Crippen molar-refractivity contribution in [3.63, 3.8) is 0 Å². The van der Waals surface area contributed by atoms with E-state index < -0.39 is 0 Å². The van der Waals surface area contributed by atoms with Gasteiger partial charge in [0, 0.05) is 17.5 Å². The lowest BCUT2D eigenvalue weighted by Crippen LogP contribution is -2.19. The molecule has 1 aliphatic carbocycles. The number of hydrogen-bond acceptors (Lipinski definition) is 4. The Balaban J connectivity index is 1.85. The van der Waals surface area contributed by atoms with E-state index in [0.717, 1.165) is 23.9 Å². The lowest BCUT2D eigenvalue weighted by atomic mass is 10.2. The summed E-state index contributed by atoms with van der Waals surface area (Å²) >= 11 is 1.59. The van der Waals surface area contributed by atoms with Crippen LogP contribution in [0.5, 0.6) is 0 Å². The van der Waals surface area contributed by atoms with Gasteiger partial charge in [-0.1, -0.05) is 19.1 Å². The predicted molar refractivity (Wildman–Crippen MR) is 82.9 cm³/mol. The molecule has 0 heterocycles. The summed E-state index contributed by atoms with van der Waals surface area (Å²) in [4.78, 5) is 12.9. The third kappa shape index (κ3) is 4.84. The van der Waals surface area contributed by atoms with Crippen LogP contribution in [0, 0.1) is 0 Å². The van der Waals surface area contributed by atoms with Crippen LogP contribution in [-0.4, -0.2) is 23.9 Å². The van der Waals surface area contributed by atoms with Crippen LogP contribution in [0.25, 0.3) is 0 Å². The van der Waals surface area contributed by atoms with Gasteiger partial charge in [-0.05, 0) is 43.9 Å². The fourth-order valence-corrected chi connectivity index (χ4v) is 2.89. The summed E-state index contributed by atoms with van der Waals surface area (Å²) in [7, 11) is 0. The molecule has 1 saturated carbocycles. The van der Waals surface area contributed by atoms with Gasteiger partial charge in [-0.15, -0.1) is 11.8 Å². The number of carbonyl (C=O) groups is 1. The maximum Gasteiger partial charge on any atom is 0.319 e. The molecule has 1 atom stereocenters. The van der Waals surface area contributed by atoms with Gasteiger partial charge < -0.3 is 10.1 Å². The first-order valence-electron chi connectivity index (χ1n) is 7.38. The number of ether oxygens (including phenoxy) is 1. The first-order chi connectivity index (χ1) is 9.72. The highest BCUT2D eigenvalue weighted by Crippen LogP contribution is 2.27. The number of hydrogen-bond donors (Lipinski definition) is 1. The molecule has 1 N–H and O–H groups in total. The van der Waals surface area contributed by atoms with Gasteiger partial charge in [-0.3, -0.25) is 4.79 Å². The standard InChI is InChI=1S/C16H23NO2S/c1-3-15(16(18)19-4-2)20-14-9-5-12(6-10-14)11-17-13-7-8-13/h5-6,9-10,13,15,17H,3-4,7-8,11H2,1-2H3. The van der Waals surface area contributed by atoms with Gasteiger partial charge in [0.2, 0.25) is 0 Å². The zero-order valence-corrected chi connectivity index (χ0v) is 13.0. The zero-order valence-electron chi connectivity index (χ0n) is 12.2. The van der Waals surface area contributed by atoms with Gasteiger partial charge in [0.25, 0.3) is 0 Å². The van der Waals surface area contributed by atoms with Crippen molar-refractivity contribution in [2.75, 3.05) is 6.61 Å². The first kappa shape index (κ1) is 15.4. The molecule has 0 aromatic heterocycles. The Kier molecular flexibility index (Phi) is 5.92. The van der Waals surface area contributed by atoms with Gasteiger partial charge in [0.05, 0.1) is 6.61 Å². The summed E-state index contributed by atoms with van der Waals surface area (Å²) in [6.45, 7) is 5.24. The second kappa shape index (κ2) is 7.70. The molecule has 110 valence electrons. The quantitative estimate of drug-likeness (QED) is 0.589. The average Bonchev–Trinajstić information content (AvgIpc) is 3.28. The molecule has 3 nitrogen and oxygen atoms in total. The van der Waals surface area contributed by atoms with E-state index in [9.17, 15) is 4.79 Å². The van der Waals surface area contributed by atoms with Crippen LogP contribution in [0.3, 0.4) is 0 Å². The Labute approximate surface area is 125 Å². The minimum atomic E-state index is -0.112. The van der Waals surface area contributed by atoms with E-state index in [-0.39, 0.29) is 11.2 Å². The van der Waals surface area contributed by atoms with Gasteiger partial charge in [-0.25, -0.2) is 0 Å². The maximum absolute atomic E-state index is 11.8. The van der Waals surface area contributed by atoms with Crippen molar-refractivity contribution in [2.24, 2.45) is 0 Å². The fraction of sp³-hybridized carbons (Fsp3) is 0.562. The van der Waals surface area contributed by atoms with E-state index in [4.69, 9.17) is 4.74 Å². The molecule has 0 saturated heterocycles. The van der Waals surface area contributed by atoms with E-state index in [1.807, 2.05) is 13.8 Å². The summed E-state index contributed by atoms with van der Waals surface area (Å²) in [5.74, 6) is -0.112. The number of thioether (sulfide) groups is 1. The third-order valence-electron chi connectivity index (χ3n) is 3.29. The molecule has 4 heteroatoms. The Morgan fingerprint density at radius 3 is 2.60 bits per heavy atom. The van der Waals surface area contributed by atoms with Crippen LogP contribution >= 0.6 is 11.8 Å². The van der Waals surface area contributed by atoms with Crippen molar-refractivity contribution in [3.8, 4) is 0 Å². The lowest BCUT2D eigenvalue weighted by molar-refractivity contribution is -0.142. The molecule has 0 aliphatic heterocycles. The minimum Gasteiger partial charge on any atom is -0.465 e. The fourth-order valence-electron chi connectivity index (χ4n) is 1.93. The number of rotatable bonds is 8. The highest BCUT2D eigenvalue weighted by molar-refractivity contribution is 8.00. The number of benzene rings is 1. The van der Waals surface area contributed by atoms with E-state index in [0.29, 0.717) is 6.61 Å². The van der Waals surface area contributed by atoms with Crippen molar-refractivity contribution < 1.29 is 9.53 Å². The summed E-state index contributed by atoms with van der Waals surface area (Å²) in [6, 6.07) is 9.19. The van der Waals surface area contributed by atoms with Crippen molar-refractivity contribution in [2.45, 2.75) is 55.8 Å². The molecule has 0 amide bonds. The Hall–Kier alpha value is -1.00. The Morgan fingerprint density at radius 2 is 2.05 bits per heavy atom. The largest absolute Gasteiger partial charge is 0.465 e. The highest BCUT2D eigenvalue weighted by Gasteiger charge is 2.20. The molecule has 0 radical (unpaired) electrons. The Bertz CT molecular complexity index is 429. The molecule has 20 heavy (non-hydrogen) atoms. The van der Waals surface area contributed by atoms with Gasteiger partial charge in [-0.2, -0.15) is 0 Å². The van der Waals surface area contributed by atoms with Crippen LogP contribution < -0.4 is 5.32 Å². The number of nitrogens with one attached hydrogen (secondary N) is 1. The molecule has 1 fully saturated rings.